The maximum absolute atomic E-state index is 12.7. The summed E-state index contributed by atoms with van der Waals surface area (Å²) in [5, 5.41) is 4.85. The van der Waals surface area contributed by atoms with Gasteiger partial charge in [0.25, 0.3) is 5.91 Å². The van der Waals surface area contributed by atoms with Crippen molar-refractivity contribution >= 4 is 33.1 Å². The molecule has 0 unspecified atom stereocenters. The SMILES string of the molecule is CCOc1cc(/C=N\NC(=O)COc2cccc3cccnc23)ccc1OS(=O)(=O)c1ccc(C)cc1. The molecule has 3 aromatic carbocycles. The number of hydrogen-bond acceptors (Lipinski definition) is 8. The molecule has 4 aromatic rings. The van der Waals surface area contributed by atoms with E-state index >= 15 is 0 Å². The molecular formula is C27H25N3O6S. The van der Waals surface area contributed by atoms with Crippen LogP contribution in [0.2, 0.25) is 0 Å². The van der Waals surface area contributed by atoms with Crippen LogP contribution in [0.5, 0.6) is 17.2 Å². The number of nitrogens with one attached hydrogen (secondary N) is 1. The predicted molar refractivity (Wildman–Crippen MR) is 140 cm³/mol. The molecule has 0 fully saturated rings. The van der Waals surface area contributed by atoms with E-state index in [9.17, 15) is 13.2 Å². The lowest BCUT2D eigenvalue weighted by atomic mass is 10.2. The number of benzene rings is 3. The van der Waals surface area contributed by atoms with E-state index in [0.717, 1.165) is 10.9 Å². The van der Waals surface area contributed by atoms with Gasteiger partial charge in [-0.1, -0.05) is 35.9 Å². The lowest BCUT2D eigenvalue weighted by molar-refractivity contribution is -0.123. The molecule has 0 aliphatic heterocycles. The number of ether oxygens (including phenoxy) is 2. The monoisotopic (exact) mass is 519 g/mol. The molecule has 0 saturated carbocycles. The minimum Gasteiger partial charge on any atom is -0.490 e. The van der Waals surface area contributed by atoms with Crippen LogP contribution >= 0.6 is 0 Å². The quantitative estimate of drug-likeness (QED) is 0.189. The van der Waals surface area contributed by atoms with Gasteiger partial charge in [0.15, 0.2) is 18.1 Å². The third-order valence-corrected chi connectivity index (χ3v) is 6.38. The van der Waals surface area contributed by atoms with Crippen LogP contribution < -0.4 is 19.1 Å². The fraction of sp³-hybridized carbons (Fsp3) is 0.148. The molecule has 10 heteroatoms. The summed E-state index contributed by atoms with van der Waals surface area (Å²) in [4.78, 5) is 16.5. The second kappa shape index (κ2) is 11.5. The minimum absolute atomic E-state index is 0.0374. The van der Waals surface area contributed by atoms with E-state index in [1.54, 1.807) is 43.5 Å². The third kappa shape index (κ3) is 6.62. The van der Waals surface area contributed by atoms with Gasteiger partial charge in [-0.2, -0.15) is 13.5 Å². The lowest BCUT2D eigenvalue weighted by Gasteiger charge is -2.12. The van der Waals surface area contributed by atoms with Crippen molar-refractivity contribution in [2.75, 3.05) is 13.2 Å². The number of aromatic nitrogens is 1. The molecule has 0 aliphatic rings. The second-order valence-electron chi connectivity index (χ2n) is 7.90. The second-order valence-corrected chi connectivity index (χ2v) is 9.45. The zero-order valence-electron chi connectivity index (χ0n) is 20.2. The van der Waals surface area contributed by atoms with Gasteiger partial charge in [0, 0.05) is 11.6 Å². The zero-order chi connectivity index (χ0) is 26.3. The Morgan fingerprint density at radius 3 is 2.54 bits per heavy atom. The number of carbonyl (C=O) groups is 1. The summed E-state index contributed by atoms with van der Waals surface area (Å²) in [6, 6.07) is 20.2. The summed E-state index contributed by atoms with van der Waals surface area (Å²) in [5.41, 5.74) is 4.55. The molecule has 4 rings (SSSR count). The molecule has 1 N–H and O–H groups in total. The van der Waals surface area contributed by atoms with E-state index in [2.05, 4.69) is 15.5 Å². The van der Waals surface area contributed by atoms with Crippen LogP contribution in [0.25, 0.3) is 10.9 Å². The molecule has 0 saturated heterocycles. The van der Waals surface area contributed by atoms with Crippen LogP contribution in [0.4, 0.5) is 0 Å². The molecule has 0 bridgehead atoms. The Kier molecular flexibility index (Phi) is 7.99. The summed E-state index contributed by atoms with van der Waals surface area (Å²) in [6.07, 6.45) is 3.06. The molecule has 0 spiro atoms. The Morgan fingerprint density at radius 2 is 1.76 bits per heavy atom. The molecule has 37 heavy (non-hydrogen) atoms. The van der Waals surface area contributed by atoms with Crippen LogP contribution in [0, 0.1) is 6.92 Å². The van der Waals surface area contributed by atoms with Gasteiger partial charge in [-0.3, -0.25) is 9.78 Å². The standard InChI is InChI=1S/C27H25N3O6S/c1-3-34-25-16-20(11-14-23(25)36-37(32,33)22-12-9-19(2)10-13-22)17-29-30-26(31)18-35-24-8-4-6-21-7-5-15-28-27(21)24/h4-17H,3,18H2,1-2H3,(H,30,31)/b29-17-. The van der Waals surface area contributed by atoms with Gasteiger partial charge in [0.05, 0.1) is 12.8 Å². The number of pyridine rings is 1. The Hall–Kier alpha value is -4.44. The van der Waals surface area contributed by atoms with Crippen LogP contribution in [-0.2, 0) is 14.9 Å². The number of nitrogens with zero attached hydrogens (tertiary/aromatic N) is 2. The van der Waals surface area contributed by atoms with Crippen molar-refractivity contribution < 1.29 is 26.9 Å². The van der Waals surface area contributed by atoms with Crippen molar-refractivity contribution in [2.24, 2.45) is 5.10 Å². The Balaban J connectivity index is 1.39. The van der Waals surface area contributed by atoms with Gasteiger partial charge in [0.2, 0.25) is 0 Å². The first-order valence-electron chi connectivity index (χ1n) is 11.4. The van der Waals surface area contributed by atoms with E-state index in [1.807, 2.05) is 31.2 Å². The van der Waals surface area contributed by atoms with E-state index in [-0.39, 0.29) is 23.0 Å². The normalized spacial score (nSPS) is 11.4. The maximum atomic E-state index is 12.7. The Bertz CT molecular complexity index is 1530. The molecule has 1 aromatic heterocycles. The van der Waals surface area contributed by atoms with Crippen molar-refractivity contribution in [3.63, 3.8) is 0 Å². The zero-order valence-corrected chi connectivity index (χ0v) is 21.1. The molecule has 190 valence electrons. The van der Waals surface area contributed by atoms with Crippen molar-refractivity contribution in [1.29, 1.82) is 0 Å². The smallest absolute Gasteiger partial charge is 0.339 e. The highest BCUT2D eigenvalue weighted by Crippen LogP contribution is 2.31. The minimum atomic E-state index is -4.04. The lowest BCUT2D eigenvalue weighted by Crippen LogP contribution is -2.24. The van der Waals surface area contributed by atoms with Crippen LogP contribution in [0.3, 0.4) is 0 Å². The summed E-state index contributed by atoms with van der Waals surface area (Å²) < 4.78 is 41.8. The first kappa shape index (κ1) is 25.6. The summed E-state index contributed by atoms with van der Waals surface area (Å²) in [6.45, 7) is 3.67. The van der Waals surface area contributed by atoms with Crippen LogP contribution in [0.1, 0.15) is 18.1 Å². The predicted octanol–water partition coefficient (Wildman–Crippen LogP) is 4.24. The first-order chi connectivity index (χ1) is 17.9. The highest BCUT2D eigenvalue weighted by atomic mass is 32.2. The van der Waals surface area contributed by atoms with Gasteiger partial charge >= 0.3 is 10.1 Å². The highest BCUT2D eigenvalue weighted by molar-refractivity contribution is 7.87. The number of para-hydroxylation sites is 1. The van der Waals surface area contributed by atoms with E-state index in [0.29, 0.717) is 23.4 Å². The van der Waals surface area contributed by atoms with Gasteiger partial charge < -0.3 is 13.7 Å². The van der Waals surface area contributed by atoms with Crippen LogP contribution in [-0.4, -0.2) is 38.7 Å². The summed E-state index contributed by atoms with van der Waals surface area (Å²) in [5.74, 6) is 0.300. The number of rotatable bonds is 10. The van der Waals surface area contributed by atoms with Crippen LogP contribution in [0.15, 0.2) is 89.0 Å². The molecule has 0 aliphatic carbocycles. The molecular weight excluding hydrogens is 494 g/mol. The van der Waals surface area contributed by atoms with Crippen molar-refractivity contribution in [1.82, 2.24) is 10.4 Å². The third-order valence-electron chi connectivity index (χ3n) is 5.13. The number of aryl methyl sites for hydroxylation is 1. The first-order valence-corrected chi connectivity index (χ1v) is 12.8. The average Bonchev–Trinajstić information content (AvgIpc) is 2.89. The van der Waals surface area contributed by atoms with Gasteiger partial charge in [-0.25, -0.2) is 5.43 Å². The van der Waals surface area contributed by atoms with Gasteiger partial charge in [0.1, 0.15) is 16.2 Å². The topological polar surface area (TPSA) is 116 Å². The molecule has 9 nitrogen and oxygen atoms in total. The molecule has 0 atom stereocenters. The largest absolute Gasteiger partial charge is 0.490 e. The molecule has 1 amide bonds. The molecule has 1 heterocycles. The number of carbonyl (C=O) groups excluding carboxylic acids is 1. The Morgan fingerprint density at radius 1 is 0.973 bits per heavy atom. The van der Waals surface area contributed by atoms with Crippen molar-refractivity contribution in [3.8, 4) is 17.2 Å². The van der Waals surface area contributed by atoms with Crippen molar-refractivity contribution in [3.05, 3.63) is 90.1 Å². The fourth-order valence-corrected chi connectivity index (χ4v) is 4.30. The summed E-state index contributed by atoms with van der Waals surface area (Å²) >= 11 is 0. The van der Waals surface area contributed by atoms with E-state index < -0.39 is 16.0 Å². The molecule has 0 radical (unpaired) electrons. The number of fused-ring (bicyclic) bond motifs is 1. The van der Waals surface area contributed by atoms with E-state index in [4.69, 9.17) is 13.7 Å². The highest BCUT2D eigenvalue weighted by Gasteiger charge is 2.19. The van der Waals surface area contributed by atoms with Gasteiger partial charge in [-0.15, -0.1) is 0 Å². The fourth-order valence-electron chi connectivity index (χ4n) is 3.36. The van der Waals surface area contributed by atoms with Gasteiger partial charge in [-0.05, 0) is 61.9 Å². The van der Waals surface area contributed by atoms with E-state index in [1.165, 1.54) is 24.4 Å². The Labute approximate surface area is 214 Å². The number of amides is 1. The summed E-state index contributed by atoms with van der Waals surface area (Å²) in [7, 11) is -4.04. The number of hydrazone groups is 1. The average molecular weight is 520 g/mol. The van der Waals surface area contributed by atoms with Crippen molar-refractivity contribution in [2.45, 2.75) is 18.7 Å². The number of hydrogen-bond donors (Lipinski definition) is 1. The maximum Gasteiger partial charge on any atom is 0.339 e.